The third kappa shape index (κ3) is 2.48. The molecule has 1 atom stereocenters. The van der Waals surface area contributed by atoms with Crippen LogP contribution >= 0.6 is 23.2 Å². The molecule has 2 N–H and O–H groups in total. The van der Waals surface area contributed by atoms with Crippen LogP contribution < -0.4 is 10.5 Å². The van der Waals surface area contributed by atoms with Crippen molar-refractivity contribution in [3.8, 4) is 5.75 Å². The summed E-state index contributed by atoms with van der Waals surface area (Å²) in [5.74, 6) is 0.564. The Kier molecular flexibility index (Phi) is 3.24. The topological polar surface area (TPSA) is 44.5 Å². The normalized spacial score (nSPS) is 20.5. The third-order valence-corrected chi connectivity index (χ3v) is 2.86. The largest absolute Gasteiger partial charge is 0.486 e. The van der Waals surface area contributed by atoms with Crippen LogP contribution in [-0.4, -0.2) is 19.3 Å². The van der Waals surface area contributed by atoms with E-state index in [0.29, 0.717) is 28.1 Å². The number of rotatable bonds is 2. The van der Waals surface area contributed by atoms with Crippen molar-refractivity contribution >= 4 is 28.9 Å². The highest BCUT2D eigenvalue weighted by atomic mass is 35.5. The van der Waals surface area contributed by atoms with Crippen LogP contribution in [-0.2, 0) is 4.74 Å². The molecule has 0 bridgehead atoms. The number of nitrogen functional groups attached to an aromatic ring is 1. The maximum Gasteiger partial charge on any atom is 0.140 e. The van der Waals surface area contributed by atoms with E-state index in [2.05, 4.69) is 0 Å². The Bertz CT molecular complexity index is 365. The summed E-state index contributed by atoms with van der Waals surface area (Å²) in [6.45, 7) is 1.32. The van der Waals surface area contributed by atoms with Gasteiger partial charge in [0.1, 0.15) is 11.9 Å². The first-order valence-electron chi connectivity index (χ1n) is 4.66. The van der Waals surface area contributed by atoms with Crippen LogP contribution in [0.4, 0.5) is 5.69 Å². The number of halogens is 2. The zero-order valence-electron chi connectivity index (χ0n) is 8.00. The van der Waals surface area contributed by atoms with Gasteiger partial charge in [0.25, 0.3) is 0 Å². The standard InChI is InChI=1S/C10H11Cl2NO2/c11-7-3-8(12)10(4-9(7)13)15-6-1-2-14-5-6/h3-4,6H,1-2,5,13H2. The molecule has 0 amide bonds. The predicted octanol–water partition coefficient (Wildman–Crippen LogP) is 2.74. The minimum absolute atomic E-state index is 0.0584. The van der Waals surface area contributed by atoms with Gasteiger partial charge < -0.3 is 15.2 Å². The van der Waals surface area contributed by atoms with Gasteiger partial charge in [-0.2, -0.15) is 0 Å². The molecule has 1 fully saturated rings. The molecular weight excluding hydrogens is 237 g/mol. The molecule has 1 aliphatic rings. The van der Waals surface area contributed by atoms with Crippen LogP contribution in [0.1, 0.15) is 6.42 Å². The van der Waals surface area contributed by atoms with Crippen molar-refractivity contribution in [1.29, 1.82) is 0 Å². The summed E-state index contributed by atoms with van der Waals surface area (Å²) in [4.78, 5) is 0. The lowest BCUT2D eigenvalue weighted by molar-refractivity contribution is 0.141. The quantitative estimate of drug-likeness (QED) is 0.818. The Morgan fingerprint density at radius 1 is 1.33 bits per heavy atom. The van der Waals surface area contributed by atoms with Gasteiger partial charge in [-0.25, -0.2) is 0 Å². The van der Waals surface area contributed by atoms with Crippen LogP contribution in [0.5, 0.6) is 5.75 Å². The molecule has 1 aromatic rings. The molecule has 5 heteroatoms. The Morgan fingerprint density at radius 2 is 2.13 bits per heavy atom. The molecular formula is C10H11Cl2NO2. The average molecular weight is 248 g/mol. The maximum absolute atomic E-state index is 5.97. The van der Waals surface area contributed by atoms with Crippen molar-refractivity contribution in [2.75, 3.05) is 18.9 Å². The molecule has 0 aliphatic carbocycles. The van der Waals surface area contributed by atoms with Crippen molar-refractivity contribution in [2.45, 2.75) is 12.5 Å². The van der Waals surface area contributed by atoms with Gasteiger partial charge >= 0.3 is 0 Å². The number of nitrogens with two attached hydrogens (primary N) is 1. The second kappa shape index (κ2) is 4.47. The zero-order valence-corrected chi connectivity index (χ0v) is 9.52. The van der Waals surface area contributed by atoms with Crippen molar-refractivity contribution in [3.63, 3.8) is 0 Å². The Hall–Kier alpha value is -0.640. The third-order valence-electron chi connectivity index (χ3n) is 2.23. The number of benzene rings is 1. The zero-order chi connectivity index (χ0) is 10.8. The van der Waals surface area contributed by atoms with Crippen molar-refractivity contribution < 1.29 is 9.47 Å². The van der Waals surface area contributed by atoms with E-state index >= 15 is 0 Å². The first kappa shape index (κ1) is 10.9. The first-order valence-corrected chi connectivity index (χ1v) is 5.41. The Morgan fingerprint density at radius 3 is 2.80 bits per heavy atom. The van der Waals surface area contributed by atoms with Crippen LogP contribution in [0.15, 0.2) is 12.1 Å². The SMILES string of the molecule is Nc1cc(OC2CCOC2)c(Cl)cc1Cl. The highest BCUT2D eigenvalue weighted by Crippen LogP contribution is 2.33. The summed E-state index contributed by atoms with van der Waals surface area (Å²) < 4.78 is 10.8. The molecule has 0 aromatic heterocycles. The number of hydrogen-bond donors (Lipinski definition) is 1. The van der Waals surface area contributed by atoms with Gasteiger partial charge in [0.15, 0.2) is 0 Å². The summed E-state index contributed by atoms with van der Waals surface area (Å²) in [5.41, 5.74) is 6.13. The summed E-state index contributed by atoms with van der Waals surface area (Å²) in [6, 6.07) is 3.23. The minimum Gasteiger partial charge on any atom is -0.486 e. The summed E-state index contributed by atoms with van der Waals surface area (Å²) in [6.07, 6.45) is 0.932. The highest BCUT2D eigenvalue weighted by molar-refractivity contribution is 6.37. The van der Waals surface area contributed by atoms with Gasteiger partial charge in [-0.05, 0) is 6.07 Å². The Labute approximate surface area is 98.1 Å². The monoisotopic (exact) mass is 247 g/mol. The number of ether oxygens (including phenoxy) is 2. The molecule has 82 valence electrons. The summed E-state index contributed by atoms with van der Waals surface area (Å²) >= 11 is 11.8. The van der Waals surface area contributed by atoms with Gasteiger partial charge in [0.05, 0.1) is 28.9 Å². The molecule has 1 heterocycles. The van der Waals surface area contributed by atoms with Crippen LogP contribution in [0.2, 0.25) is 10.0 Å². The predicted molar refractivity (Wildman–Crippen MR) is 60.7 cm³/mol. The molecule has 3 nitrogen and oxygen atoms in total. The molecule has 1 saturated heterocycles. The van der Waals surface area contributed by atoms with Gasteiger partial charge in [0.2, 0.25) is 0 Å². The van der Waals surface area contributed by atoms with E-state index in [-0.39, 0.29) is 6.10 Å². The van der Waals surface area contributed by atoms with E-state index < -0.39 is 0 Å². The molecule has 1 aliphatic heterocycles. The second-order valence-electron chi connectivity index (χ2n) is 3.41. The smallest absolute Gasteiger partial charge is 0.140 e. The van der Waals surface area contributed by atoms with E-state index in [0.717, 1.165) is 13.0 Å². The van der Waals surface area contributed by atoms with E-state index in [1.807, 2.05) is 0 Å². The van der Waals surface area contributed by atoms with E-state index in [4.69, 9.17) is 38.4 Å². The molecule has 0 spiro atoms. The lowest BCUT2D eigenvalue weighted by Crippen LogP contribution is -2.16. The van der Waals surface area contributed by atoms with E-state index in [1.54, 1.807) is 12.1 Å². The number of anilines is 1. The van der Waals surface area contributed by atoms with Crippen molar-refractivity contribution in [1.82, 2.24) is 0 Å². The van der Waals surface area contributed by atoms with Gasteiger partial charge in [-0.1, -0.05) is 23.2 Å². The molecule has 0 saturated carbocycles. The molecule has 15 heavy (non-hydrogen) atoms. The average Bonchev–Trinajstić information content (AvgIpc) is 2.67. The lowest BCUT2D eigenvalue weighted by atomic mass is 10.3. The molecule has 0 radical (unpaired) electrons. The second-order valence-corrected chi connectivity index (χ2v) is 4.22. The maximum atomic E-state index is 5.97. The van der Waals surface area contributed by atoms with Crippen LogP contribution in [0.3, 0.4) is 0 Å². The van der Waals surface area contributed by atoms with E-state index in [1.165, 1.54) is 0 Å². The van der Waals surface area contributed by atoms with Gasteiger partial charge in [-0.3, -0.25) is 0 Å². The molecule has 2 rings (SSSR count). The van der Waals surface area contributed by atoms with Gasteiger partial charge in [-0.15, -0.1) is 0 Å². The van der Waals surface area contributed by atoms with Crippen LogP contribution in [0, 0.1) is 0 Å². The van der Waals surface area contributed by atoms with Gasteiger partial charge in [0, 0.05) is 12.5 Å². The van der Waals surface area contributed by atoms with Crippen molar-refractivity contribution in [2.24, 2.45) is 0 Å². The summed E-state index contributed by atoms with van der Waals surface area (Å²) in [5, 5.41) is 0.913. The first-order chi connectivity index (χ1) is 7.16. The fraction of sp³-hybridized carbons (Fsp3) is 0.400. The highest BCUT2D eigenvalue weighted by Gasteiger charge is 2.18. The molecule has 1 unspecified atom stereocenters. The summed E-state index contributed by atoms with van der Waals surface area (Å²) in [7, 11) is 0. The minimum atomic E-state index is 0.0584. The van der Waals surface area contributed by atoms with Crippen LogP contribution in [0.25, 0.3) is 0 Å². The van der Waals surface area contributed by atoms with Crippen molar-refractivity contribution in [3.05, 3.63) is 22.2 Å². The fourth-order valence-corrected chi connectivity index (χ4v) is 1.85. The lowest BCUT2D eigenvalue weighted by Gasteiger charge is -2.14. The molecule has 1 aromatic carbocycles. The Balaban J connectivity index is 2.16. The fourth-order valence-electron chi connectivity index (χ4n) is 1.42. The van der Waals surface area contributed by atoms with E-state index in [9.17, 15) is 0 Å². The number of hydrogen-bond acceptors (Lipinski definition) is 3.